The number of aromatic nitrogens is 1. The lowest BCUT2D eigenvalue weighted by Gasteiger charge is -2.14. The number of hydrogen-bond acceptors (Lipinski definition) is 3. The lowest BCUT2D eigenvalue weighted by atomic mass is 9.67. The summed E-state index contributed by atoms with van der Waals surface area (Å²) < 4.78 is 0. The summed E-state index contributed by atoms with van der Waals surface area (Å²) in [5.41, 5.74) is 6.53. The number of hydrogen-bond donors (Lipinski definition) is 0. The van der Waals surface area contributed by atoms with Gasteiger partial charge in [0.05, 0.1) is 11.2 Å². The van der Waals surface area contributed by atoms with Crippen molar-refractivity contribution in [2.24, 2.45) is 0 Å². The van der Waals surface area contributed by atoms with Crippen molar-refractivity contribution in [1.29, 1.82) is 0 Å². The van der Waals surface area contributed by atoms with Crippen molar-refractivity contribution in [3.8, 4) is 0 Å². The Bertz CT molecular complexity index is 1040. The van der Waals surface area contributed by atoms with Gasteiger partial charge in [0.15, 0.2) is 11.6 Å². The number of benzene rings is 2. The molecule has 1 aliphatic rings. The van der Waals surface area contributed by atoms with Gasteiger partial charge in [0.2, 0.25) is 0 Å². The highest BCUT2D eigenvalue weighted by atomic mass is 16.2. The zero-order valence-corrected chi connectivity index (χ0v) is 14.8. The number of carbonyl (C=O) groups excluding carboxylic acids is 2. The minimum Gasteiger partial charge on any atom is -0.293 e. The monoisotopic (exact) mass is 323 g/mol. The highest BCUT2D eigenvalue weighted by Gasteiger charge is 2.43. The summed E-state index contributed by atoms with van der Waals surface area (Å²) >= 11 is 0. The summed E-state index contributed by atoms with van der Waals surface area (Å²) in [5.74, 6) is -1.06. The molecule has 1 aromatic heterocycles. The van der Waals surface area contributed by atoms with Crippen LogP contribution in [0.3, 0.4) is 0 Å². The standard InChI is InChI=1S/C19H16B3NO2/c1-8-12-14(16(21)17(22)15(8)20)19(25)13(18(12)24)11-7-6-9-4-2-3-5-10(9)23-11/h2-7,13H,20-22H2,1H3. The third kappa shape index (κ3) is 2.13. The van der Waals surface area contributed by atoms with E-state index in [-0.39, 0.29) is 11.6 Å². The Labute approximate surface area is 149 Å². The van der Waals surface area contributed by atoms with Crippen molar-refractivity contribution in [1.82, 2.24) is 4.98 Å². The van der Waals surface area contributed by atoms with E-state index in [1.54, 1.807) is 6.07 Å². The molecule has 0 spiro atoms. The normalized spacial score (nSPS) is 16.4. The number of para-hydroxylation sites is 1. The van der Waals surface area contributed by atoms with Crippen LogP contribution in [-0.4, -0.2) is 40.1 Å². The van der Waals surface area contributed by atoms with Gasteiger partial charge in [-0.1, -0.05) is 35.2 Å². The van der Waals surface area contributed by atoms with Crippen LogP contribution in [0.4, 0.5) is 0 Å². The number of ketones is 2. The summed E-state index contributed by atoms with van der Waals surface area (Å²) in [6.07, 6.45) is 0. The van der Waals surface area contributed by atoms with Crippen molar-refractivity contribution in [2.45, 2.75) is 12.8 Å². The van der Waals surface area contributed by atoms with E-state index in [0.29, 0.717) is 16.8 Å². The van der Waals surface area contributed by atoms with Gasteiger partial charge in [0.25, 0.3) is 0 Å². The van der Waals surface area contributed by atoms with Gasteiger partial charge in [-0.2, -0.15) is 0 Å². The molecule has 0 saturated carbocycles. The third-order valence-corrected chi connectivity index (χ3v) is 5.62. The molecule has 118 valence electrons. The fourth-order valence-electron chi connectivity index (χ4n) is 3.85. The number of fused-ring (bicyclic) bond motifs is 2. The molecule has 0 aliphatic heterocycles. The van der Waals surface area contributed by atoms with E-state index in [4.69, 9.17) is 0 Å². The summed E-state index contributed by atoms with van der Waals surface area (Å²) in [6.45, 7) is 1.93. The molecule has 1 heterocycles. The predicted octanol–water partition coefficient (Wildman–Crippen LogP) is -1.52. The summed E-state index contributed by atoms with van der Waals surface area (Å²) in [7, 11) is 5.95. The number of Topliss-reactive ketones (excluding diaryl/α,β-unsaturated/α-hetero) is 2. The van der Waals surface area contributed by atoms with Gasteiger partial charge >= 0.3 is 0 Å². The number of pyridine rings is 1. The second-order valence-electron chi connectivity index (χ2n) is 6.84. The van der Waals surface area contributed by atoms with Crippen LogP contribution in [0.5, 0.6) is 0 Å². The molecule has 0 N–H and O–H groups in total. The van der Waals surface area contributed by atoms with Gasteiger partial charge in [-0.05, 0) is 24.6 Å². The first kappa shape index (κ1) is 15.9. The first-order chi connectivity index (χ1) is 11.9. The highest BCUT2D eigenvalue weighted by Crippen LogP contribution is 2.33. The largest absolute Gasteiger partial charge is 0.293 e. The fraction of sp³-hybridized carbons (Fsp3) is 0.105. The van der Waals surface area contributed by atoms with Gasteiger partial charge in [-0.3, -0.25) is 14.6 Å². The van der Waals surface area contributed by atoms with Crippen molar-refractivity contribution in [2.75, 3.05) is 0 Å². The molecule has 6 heteroatoms. The minimum atomic E-state index is -0.821. The SMILES string of the molecule is Bc1c(B)c(C)c2c(c1B)C(=O)C(c1ccc3ccccc3n1)C2=O. The molecule has 4 rings (SSSR count). The van der Waals surface area contributed by atoms with Crippen molar-refractivity contribution >= 4 is 62.4 Å². The first-order valence-corrected chi connectivity index (χ1v) is 8.46. The smallest absolute Gasteiger partial charge is 0.180 e. The van der Waals surface area contributed by atoms with E-state index in [2.05, 4.69) is 4.98 Å². The first-order valence-electron chi connectivity index (χ1n) is 8.46. The quantitative estimate of drug-likeness (QED) is 0.404. The molecule has 0 radical (unpaired) electrons. The summed E-state index contributed by atoms with van der Waals surface area (Å²) in [6, 6.07) is 11.5. The van der Waals surface area contributed by atoms with Gasteiger partial charge in [-0.15, -0.1) is 5.46 Å². The van der Waals surface area contributed by atoms with Crippen LogP contribution >= 0.6 is 0 Å². The number of nitrogens with zero attached hydrogens (tertiary/aromatic N) is 1. The summed E-state index contributed by atoms with van der Waals surface area (Å²) in [5, 5.41) is 1.00. The Hall–Kier alpha value is -2.62. The predicted molar refractivity (Wildman–Crippen MR) is 109 cm³/mol. The van der Waals surface area contributed by atoms with Crippen molar-refractivity contribution in [3.63, 3.8) is 0 Å². The van der Waals surface area contributed by atoms with E-state index in [1.165, 1.54) is 0 Å². The fourth-order valence-corrected chi connectivity index (χ4v) is 3.85. The maximum Gasteiger partial charge on any atom is 0.180 e. The molecule has 2 aromatic carbocycles. The van der Waals surface area contributed by atoms with Crippen LogP contribution in [0, 0.1) is 6.92 Å². The van der Waals surface area contributed by atoms with Crippen LogP contribution in [0.2, 0.25) is 0 Å². The second kappa shape index (κ2) is 5.45. The Morgan fingerprint density at radius 1 is 0.840 bits per heavy atom. The van der Waals surface area contributed by atoms with E-state index in [0.717, 1.165) is 32.9 Å². The molecule has 25 heavy (non-hydrogen) atoms. The van der Waals surface area contributed by atoms with Gasteiger partial charge in [-0.25, -0.2) is 0 Å². The van der Waals surface area contributed by atoms with E-state index in [9.17, 15) is 9.59 Å². The Kier molecular flexibility index (Phi) is 3.46. The van der Waals surface area contributed by atoms with Crippen LogP contribution in [0.15, 0.2) is 36.4 Å². The molecule has 1 aliphatic carbocycles. The highest BCUT2D eigenvalue weighted by molar-refractivity contribution is 6.60. The average Bonchev–Trinajstić information content (AvgIpc) is 2.88. The lowest BCUT2D eigenvalue weighted by Crippen LogP contribution is -2.43. The van der Waals surface area contributed by atoms with Crippen LogP contribution in [-0.2, 0) is 0 Å². The molecule has 3 nitrogen and oxygen atoms in total. The molecule has 1 unspecified atom stereocenters. The topological polar surface area (TPSA) is 47.0 Å². The second-order valence-corrected chi connectivity index (χ2v) is 6.84. The van der Waals surface area contributed by atoms with Crippen LogP contribution in [0.1, 0.15) is 37.9 Å². The van der Waals surface area contributed by atoms with Gasteiger partial charge < -0.3 is 0 Å². The maximum absolute atomic E-state index is 13.1. The molecule has 0 amide bonds. The average molecular weight is 323 g/mol. The van der Waals surface area contributed by atoms with Crippen LogP contribution < -0.4 is 16.4 Å². The molecule has 3 aromatic rings. The number of carbonyl (C=O) groups is 2. The van der Waals surface area contributed by atoms with Crippen molar-refractivity contribution in [3.05, 3.63) is 58.8 Å². The molecular formula is C19H16B3NO2. The van der Waals surface area contributed by atoms with E-state index in [1.807, 2.05) is 60.8 Å². The zero-order chi connectivity index (χ0) is 17.9. The number of rotatable bonds is 1. The zero-order valence-electron chi connectivity index (χ0n) is 14.8. The van der Waals surface area contributed by atoms with Gasteiger partial charge in [0.1, 0.15) is 29.5 Å². The maximum atomic E-state index is 13.1. The van der Waals surface area contributed by atoms with E-state index < -0.39 is 5.92 Å². The molecule has 1 atom stereocenters. The van der Waals surface area contributed by atoms with Crippen LogP contribution in [0.25, 0.3) is 10.9 Å². The lowest BCUT2D eigenvalue weighted by molar-refractivity contribution is 0.0888. The molecule has 0 fully saturated rings. The Balaban J connectivity index is 1.93. The third-order valence-electron chi connectivity index (χ3n) is 5.62. The molecule has 0 bridgehead atoms. The Morgan fingerprint density at radius 2 is 1.52 bits per heavy atom. The van der Waals surface area contributed by atoms with Crippen molar-refractivity contribution < 1.29 is 9.59 Å². The minimum absolute atomic E-state index is 0.119. The summed E-state index contributed by atoms with van der Waals surface area (Å²) in [4.78, 5) is 30.8. The molecular weight excluding hydrogens is 307 g/mol. The Morgan fingerprint density at radius 3 is 2.28 bits per heavy atom. The van der Waals surface area contributed by atoms with Gasteiger partial charge in [0, 0.05) is 16.5 Å². The molecule has 0 saturated heterocycles. The van der Waals surface area contributed by atoms with E-state index >= 15 is 0 Å².